The number of aryl methyl sites for hydroxylation is 1. The smallest absolute Gasteiger partial charge is 0.358 e. The van der Waals surface area contributed by atoms with Crippen LogP contribution in [-0.4, -0.2) is 48.3 Å². The zero-order valence-electron chi connectivity index (χ0n) is 9.31. The van der Waals surface area contributed by atoms with Crippen molar-refractivity contribution in [3.8, 4) is 0 Å². The topological polar surface area (TPSA) is 93.8 Å². The molecule has 0 bridgehead atoms. The van der Waals surface area contributed by atoms with Crippen molar-refractivity contribution in [1.29, 1.82) is 0 Å². The lowest BCUT2D eigenvalue weighted by Gasteiger charge is -1.96. The van der Waals surface area contributed by atoms with Crippen LogP contribution in [0.15, 0.2) is 14.9 Å². The van der Waals surface area contributed by atoms with E-state index < -0.39 is 5.97 Å². The lowest BCUT2D eigenvalue weighted by molar-refractivity contribution is 0.0690. The zero-order chi connectivity index (χ0) is 13.0. The van der Waals surface area contributed by atoms with Gasteiger partial charge >= 0.3 is 5.97 Å². The molecule has 2 aromatic heterocycles. The third-order valence-corrected chi connectivity index (χ3v) is 4.88. The first-order valence-corrected chi connectivity index (χ1v) is 7.85. The van der Waals surface area contributed by atoms with Crippen molar-refractivity contribution in [3.63, 3.8) is 0 Å². The van der Waals surface area contributed by atoms with Gasteiger partial charge in [-0.3, -0.25) is 4.68 Å². The van der Waals surface area contributed by atoms with E-state index in [2.05, 4.69) is 20.5 Å². The van der Waals surface area contributed by atoms with E-state index in [-0.39, 0.29) is 5.69 Å². The second-order valence-electron chi connectivity index (χ2n) is 3.06. The second kappa shape index (κ2) is 6.16. The van der Waals surface area contributed by atoms with E-state index in [0.29, 0.717) is 6.54 Å². The molecule has 96 valence electrons. The molecular weight excluding hydrogens is 294 g/mol. The lowest BCUT2D eigenvalue weighted by atomic mass is 10.5. The van der Waals surface area contributed by atoms with Crippen molar-refractivity contribution >= 4 is 40.8 Å². The highest BCUT2D eigenvalue weighted by Gasteiger charge is 2.08. The summed E-state index contributed by atoms with van der Waals surface area (Å²) in [5, 5.41) is 24.0. The van der Waals surface area contributed by atoms with Gasteiger partial charge in [-0.2, -0.15) is 0 Å². The maximum absolute atomic E-state index is 10.6. The molecule has 18 heavy (non-hydrogen) atoms. The summed E-state index contributed by atoms with van der Waals surface area (Å²) in [5.41, 5.74) is -0.0411. The molecule has 0 radical (unpaired) electrons. The summed E-state index contributed by atoms with van der Waals surface area (Å²) in [6.45, 7) is 0.582. The standard InChI is InChI=1S/C8H9N5O2S3/c1-16-7-10-11-8(18-7)17-3-2-13-4-5(6(14)15)9-12-13/h4H,2-3H2,1H3,(H,14,15). The van der Waals surface area contributed by atoms with Crippen LogP contribution in [0.4, 0.5) is 0 Å². The van der Waals surface area contributed by atoms with Crippen LogP contribution in [0.3, 0.4) is 0 Å². The maximum Gasteiger partial charge on any atom is 0.358 e. The molecule has 2 heterocycles. The molecule has 0 saturated heterocycles. The van der Waals surface area contributed by atoms with Crippen LogP contribution >= 0.6 is 34.9 Å². The van der Waals surface area contributed by atoms with Gasteiger partial charge in [-0.15, -0.1) is 15.3 Å². The molecule has 0 aliphatic rings. The maximum atomic E-state index is 10.6. The summed E-state index contributed by atoms with van der Waals surface area (Å²) in [4.78, 5) is 10.6. The van der Waals surface area contributed by atoms with Crippen LogP contribution in [0, 0.1) is 0 Å². The van der Waals surface area contributed by atoms with Crippen molar-refractivity contribution in [2.24, 2.45) is 0 Å². The Morgan fingerprint density at radius 3 is 2.83 bits per heavy atom. The van der Waals surface area contributed by atoms with Crippen LogP contribution in [-0.2, 0) is 6.54 Å². The first-order chi connectivity index (χ1) is 8.69. The monoisotopic (exact) mass is 303 g/mol. The predicted octanol–water partition coefficient (Wildman–Crippen LogP) is 1.34. The van der Waals surface area contributed by atoms with E-state index in [0.717, 1.165) is 14.4 Å². The zero-order valence-corrected chi connectivity index (χ0v) is 11.8. The van der Waals surface area contributed by atoms with Gasteiger partial charge in [0, 0.05) is 5.75 Å². The largest absolute Gasteiger partial charge is 0.476 e. The second-order valence-corrected chi connectivity index (χ2v) is 6.43. The van der Waals surface area contributed by atoms with Crippen molar-refractivity contribution < 1.29 is 9.90 Å². The molecule has 0 spiro atoms. The van der Waals surface area contributed by atoms with Gasteiger partial charge in [0.25, 0.3) is 0 Å². The first-order valence-electron chi connectivity index (χ1n) is 4.83. The van der Waals surface area contributed by atoms with Gasteiger partial charge < -0.3 is 5.11 Å². The van der Waals surface area contributed by atoms with E-state index >= 15 is 0 Å². The molecule has 2 aromatic rings. The van der Waals surface area contributed by atoms with Crippen molar-refractivity contribution in [2.75, 3.05) is 12.0 Å². The van der Waals surface area contributed by atoms with Crippen LogP contribution < -0.4 is 0 Å². The van der Waals surface area contributed by atoms with E-state index in [4.69, 9.17) is 5.11 Å². The Morgan fingerprint density at radius 1 is 1.44 bits per heavy atom. The van der Waals surface area contributed by atoms with Gasteiger partial charge in [-0.25, -0.2) is 4.79 Å². The van der Waals surface area contributed by atoms with Gasteiger partial charge in [-0.1, -0.05) is 40.1 Å². The SMILES string of the molecule is CSc1nnc(SCCn2cc(C(=O)O)nn2)s1. The summed E-state index contributed by atoms with van der Waals surface area (Å²) >= 11 is 4.67. The summed E-state index contributed by atoms with van der Waals surface area (Å²) in [5.74, 6) is -0.325. The summed E-state index contributed by atoms with van der Waals surface area (Å²) in [7, 11) is 0. The molecule has 0 unspecified atom stereocenters. The Kier molecular flexibility index (Phi) is 4.55. The molecule has 0 atom stereocenters. The molecule has 10 heteroatoms. The Hall–Kier alpha value is -1.13. The number of aromatic carboxylic acids is 1. The third kappa shape index (κ3) is 3.43. The number of nitrogens with zero attached hydrogens (tertiary/aromatic N) is 5. The van der Waals surface area contributed by atoms with E-state index in [1.54, 1.807) is 34.9 Å². The molecule has 0 aromatic carbocycles. The minimum atomic E-state index is -1.07. The van der Waals surface area contributed by atoms with Crippen LogP contribution in [0.5, 0.6) is 0 Å². The molecule has 0 saturated carbocycles. The Labute approximate surface area is 115 Å². The number of carbonyl (C=O) groups is 1. The summed E-state index contributed by atoms with van der Waals surface area (Å²) < 4.78 is 3.34. The minimum Gasteiger partial charge on any atom is -0.476 e. The highest BCUT2D eigenvalue weighted by molar-refractivity contribution is 8.02. The van der Waals surface area contributed by atoms with E-state index in [9.17, 15) is 4.79 Å². The summed E-state index contributed by atoms with van der Waals surface area (Å²) in [6, 6.07) is 0. The predicted molar refractivity (Wildman–Crippen MR) is 69.4 cm³/mol. The number of hydrogen-bond donors (Lipinski definition) is 1. The van der Waals surface area contributed by atoms with Gasteiger partial charge in [0.15, 0.2) is 14.4 Å². The highest BCUT2D eigenvalue weighted by atomic mass is 32.2. The number of carboxylic acid groups (broad SMARTS) is 1. The van der Waals surface area contributed by atoms with Crippen molar-refractivity contribution in [3.05, 3.63) is 11.9 Å². The Balaban J connectivity index is 1.82. The number of carboxylic acids is 1. The molecule has 0 fully saturated rings. The average molecular weight is 303 g/mol. The molecule has 0 amide bonds. The fraction of sp³-hybridized carbons (Fsp3) is 0.375. The quantitative estimate of drug-likeness (QED) is 0.799. The normalized spacial score (nSPS) is 10.7. The minimum absolute atomic E-state index is 0.0411. The van der Waals surface area contributed by atoms with Gasteiger partial charge in [0.05, 0.1) is 12.7 Å². The average Bonchev–Trinajstić information content (AvgIpc) is 2.97. The Bertz CT molecular complexity index is 540. The number of aromatic nitrogens is 5. The van der Waals surface area contributed by atoms with Gasteiger partial charge in [-0.05, 0) is 6.26 Å². The fourth-order valence-electron chi connectivity index (χ4n) is 1.07. The highest BCUT2D eigenvalue weighted by Crippen LogP contribution is 2.27. The molecule has 0 aliphatic heterocycles. The number of thioether (sulfide) groups is 2. The van der Waals surface area contributed by atoms with Gasteiger partial charge in [0.2, 0.25) is 0 Å². The molecule has 1 N–H and O–H groups in total. The molecule has 0 aliphatic carbocycles. The number of rotatable bonds is 6. The van der Waals surface area contributed by atoms with Crippen LogP contribution in [0.2, 0.25) is 0 Å². The van der Waals surface area contributed by atoms with Crippen LogP contribution in [0.25, 0.3) is 0 Å². The van der Waals surface area contributed by atoms with E-state index in [1.165, 1.54) is 10.9 Å². The third-order valence-electron chi connectivity index (χ3n) is 1.87. The lowest BCUT2D eigenvalue weighted by Crippen LogP contribution is -2.01. The first kappa shape index (κ1) is 13.3. The van der Waals surface area contributed by atoms with Gasteiger partial charge in [0.1, 0.15) is 0 Å². The number of hydrogen-bond acceptors (Lipinski definition) is 8. The fourth-order valence-corrected chi connectivity index (χ4v) is 3.51. The van der Waals surface area contributed by atoms with Crippen molar-refractivity contribution in [1.82, 2.24) is 25.2 Å². The molecule has 2 rings (SSSR count). The van der Waals surface area contributed by atoms with Crippen LogP contribution in [0.1, 0.15) is 10.5 Å². The van der Waals surface area contributed by atoms with Crippen molar-refractivity contribution in [2.45, 2.75) is 15.2 Å². The summed E-state index contributed by atoms with van der Waals surface area (Å²) in [6.07, 6.45) is 3.37. The molecule has 7 nitrogen and oxygen atoms in total. The Morgan fingerprint density at radius 2 is 2.22 bits per heavy atom. The van der Waals surface area contributed by atoms with E-state index in [1.807, 2.05) is 6.26 Å². The molecular formula is C8H9N5O2S3.